The standard InChI is InChI=1S/C18H25N5O3/c1-4-16-21-17(26-22-16)12-8-6-7-9-13(12)19-18(24)20-14-10-23(3)11-15(14)25-5-2/h6-9,14-15H,4-5,10-11H2,1-3H3,(H2,19,20,24)/t14-,15-/m1/s1. The number of urea groups is 1. The number of ether oxygens (including phenoxy) is 1. The lowest BCUT2D eigenvalue weighted by molar-refractivity contribution is 0.0568. The lowest BCUT2D eigenvalue weighted by atomic mass is 10.1. The number of rotatable bonds is 6. The van der Waals surface area contributed by atoms with Crippen molar-refractivity contribution in [2.24, 2.45) is 0 Å². The molecule has 2 N–H and O–H groups in total. The maximum absolute atomic E-state index is 12.5. The summed E-state index contributed by atoms with van der Waals surface area (Å²) in [6.45, 7) is 6.10. The molecule has 1 fully saturated rings. The van der Waals surface area contributed by atoms with Crippen molar-refractivity contribution in [3.63, 3.8) is 0 Å². The van der Waals surface area contributed by atoms with Gasteiger partial charge in [0.25, 0.3) is 5.89 Å². The van der Waals surface area contributed by atoms with Gasteiger partial charge in [0.2, 0.25) is 0 Å². The van der Waals surface area contributed by atoms with Crippen LogP contribution in [0.15, 0.2) is 28.8 Å². The molecular weight excluding hydrogens is 334 g/mol. The topological polar surface area (TPSA) is 92.5 Å². The van der Waals surface area contributed by atoms with Crippen LogP contribution in [0.1, 0.15) is 19.7 Å². The highest BCUT2D eigenvalue weighted by molar-refractivity contribution is 5.93. The first-order chi connectivity index (χ1) is 12.6. The van der Waals surface area contributed by atoms with E-state index in [2.05, 4.69) is 25.7 Å². The van der Waals surface area contributed by atoms with Gasteiger partial charge in [-0.3, -0.25) is 0 Å². The summed E-state index contributed by atoms with van der Waals surface area (Å²) in [7, 11) is 2.02. The van der Waals surface area contributed by atoms with Gasteiger partial charge in [0.05, 0.1) is 23.4 Å². The first-order valence-electron chi connectivity index (χ1n) is 8.90. The Morgan fingerprint density at radius 2 is 2.15 bits per heavy atom. The Morgan fingerprint density at radius 1 is 1.35 bits per heavy atom. The van der Waals surface area contributed by atoms with Crippen LogP contribution in [-0.2, 0) is 11.2 Å². The molecule has 0 unspecified atom stereocenters. The number of amides is 2. The van der Waals surface area contributed by atoms with Gasteiger partial charge in [0.15, 0.2) is 5.82 Å². The Morgan fingerprint density at radius 3 is 2.88 bits per heavy atom. The number of carbonyl (C=O) groups excluding carboxylic acids is 1. The Labute approximate surface area is 152 Å². The third kappa shape index (κ3) is 4.20. The molecule has 0 bridgehead atoms. The van der Waals surface area contributed by atoms with Crippen LogP contribution in [0, 0.1) is 0 Å². The summed E-state index contributed by atoms with van der Waals surface area (Å²) >= 11 is 0. The van der Waals surface area contributed by atoms with E-state index in [1.807, 2.05) is 45.2 Å². The van der Waals surface area contributed by atoms with E-state index in [4.69, 9.17) is 9.26 Å². The molecule has 1 aliphatic rings. The number of hydrogen-bond donors (Lipinski definition) is 2. The van der Waals surface area contributed by atoms with Gasteiger partial charge in [-0.25, -0.2) is 4.79 Å². The number of hydrogen-bond acceptors (Lipinski definition) is 6. The molecule has 2 aromatic rings. The summed E-state index contributed by atoms with van der Waals surface area (Å²) < 4.78 is 11.0. The van der Waals surface area contributed by atoms with Crippen molar-refractivity contribution < 1.29 is 14.1 Å². The fourth-order valence-electron chi connectivity index (χ4n) is 3.10. The Bertz CT molecular complexity index is 748. The number of aromatic nitrogens is 2. The number of nitrogens with zero attached hydrogens (tertiary/aromatic N) is 3. The van der Waals surface area contributed by atoms with E-state index in [0.717, 1.165) is 13.1 Å². The minimum Gasteiger partial charge on any atom is -0.375 e. The summed E-state index contributed by atoms with van der Waals surface area (Å²) in [5.74, 6) is 1.03. The third-order valence-electron chi connectivity index (χ3n) is 4.34. The first kappa shape index (κ1) is 18.3. The molecule has 1 aromatic heterocycles. The van der Waals surface area contributed by atoms with Crippen LogP contribution < -0.4 is 10.6 Å². The van der Waals surface area contributed by atoms with E-state index in [1.165, 1.54) is 0 Å². The zero-order chi connectivity index (χ0) is 18.5. The first-order valence-corrected chi connectivity index (χ1v) is 8.90. The number of aryl methyl sites for hydroxylation is 1. The number of nitrogens with one attached hydrogen (secondary N) is 2. The molecule has 1 aromatic carbocycles. The number of para-hydroxylation sites is 1. The van der Waals surface area contributed by atoms with E-state index in [1.54, 1.807) is 0 Å². The fraction of sp³-hybridized carbons (Fsp3) is 0.500. The minimum atomic E-state index is -0.280. The second-order valence-corrected chi connectivity index (χ2v) is 6.33. The van der Waals surface area contributed by atoms with Gasteiger partial charge in [0.1, 0.15) is 0 Å². The summed E-state index contributed by atoms with van der Waals surface area (Å²) in [5, 5.41) is 9.81. The molecule has 140 valence electrons. The fourth-order valence-corrected chi connectivity index (χ4v) is 3.10. The van der Waals surface area contributed by atoms with Crippen molar-refractivity contribution in [1.82, 2.24) is 20.4 Å². The van der Waals surface area contributed by atoms with Gasteiger partial charge in [-0.1, -0.05) is 24.2 Å². The average molecular weight is 359 g/mol. The largest absolute Gasteiger partial charge is 0.375 e. The van der Waals surface area contributed by atoms with E-state index in [9.17, 15) is 4.79 Å². The quantitative estimate of drug-likeness (QED) is 0.821. The average Bonchev–Trinajstić information content (AvgIpc) is 3.22. The second-order valence-electron chi connectivity index (χ2n) is 6.33. The molecule has 1 aliphatic heterocycles. The van der Waals surface area contributed by atoms with Crippen molar-refractivity contribution in [2.75, 3.05) is 32.1 Å². The molecule has 0 spiro atoms. The summed E-state index contributed by atoms with van der Waals surface area (Å²) in [6, 6.07) is 7.04. The Balaban J connectivity index is 1.70. The molecule has 1 saturated heterocycles. The summed E-state index contributed by atoms with van der Waals surface area (Å²) in [5.41, 5.74) is 1.32. The zero-order valence-electron chi connectivity index (χ0n) is 15.4. The summed E-state index contributed by atoms with van der Waals surface area (Å²) in [4.78, 5) is 19.0. The van der Waals surface area contributed by atoms with Gasteiger partial charge < -0.3 is 24.8 Å². The smallest absolute Gasteiger partial charge is 0.319 e. The van der Waals surface area contributed by atoms with Crippen LogP contribution in [0.25, 0.3) is 11.5 Å². The highest BCUT2D eigenvalue weighted by Gasteiger charge is 2.32. The summed E-state index contributed by atoms with van der Waals surface area (Å²) in [6.07, 6.45) is 0.683. The van der Waals surface area contributed by atoms with E-state index in [-0.39, 0.29) is 18.2 Å². The van der Waals surface area contributed by atoms with Gasteiger partial charge in [-0.15, -0.1) is 0 Å². The number of benzene rings is 1. The van der Waals surface area contributed by atoms with E-state index < -0.39 is 0 Å². The van der Waals surface area contributed by atoms with Crippen LogP contribution in [0.4, 0.5) is 10.5 Å². The van der Waals surface area contributed by atoms with Gasteiger partial charge in [-0.05, 0) is 26.1 Å². The SMILES string of the molecule is CCO[C@@H]1CN(C)C[C@H]1NC(=O)Nc1ccccc1-c1nc(CC)no1. The Hall–Kier alpha value is -2.45. The molecule has 2 heterocycles. The monoisotopic (exact) mass is 359 g/mol. The van der Waals surface area contributed by atoms with Crippen LogP contribution >= 0.6 is 0 Å². The van der Waals surface area contributed by atoms with Crippen LogP contribution in [0.2, 0.25) is 0 Å². The zero-order valence-corrected chi connectivity index (χ0v) is 15.4. The number of carbonyl (C=O) groups is 1. The lowest BCUT2D eigenvalue weighted by Crippen LogP contribution is -2.45. The third-order valence-corrected chi connectivity index (χ3v) is 4.34. The molecule has 0 aliphatic carbocycles. The molecule has 8 heteroatoms. The van der Waals surface area contributed by atoms with Crippen LogP contribution in [0.3, 0.4) is 0 Å². The second kappa shape index (κ2) is 8.29. The van der Waals surface area contributed by atoms with Gasteiger partial charge in [0, 0.05) is 26.1 Å². The molecule has 8 nitrogen and oxygen atoms in total. The molecule has 3 rings (SSSR count). The Kier molecular flexibility index (Phi) is 5.85. The minimum absolute atomic E-state index is 0.00551. The number of likely N-dealkylation sites (N-methyl/N-ethyl adjacent to an activating group) is 1. The van der Waals surface area contributed by atoms with E-state index in [0.29, 0.717) is 36.0 Å². The van der Waals surface area contributed by atoms with Crippen molar-refractivity contribution in [1.29, 1.82) is 0 Å². The number of likely N-dealkylation sites (tertiary alicyclic amines) is 1. The predicted octanol–water partition coefficient (Wildman–Crippen LogP) is 2.14. The van der Waals surface area contributed by atoms with Gasteiger partial charge in [-0.2, -0.15) is 4.98 Å². The maximum Gasteiger partial charge on any atom is 0.319 e. The number of anilines is 1. The highest BCUT2D eigenvalue weighted by Crippen LogP contribution is 2.26. The predicted molar refractivity (Wildman–Crippen MR) is 98.0 cm³/mol. The molecule has 0 saturated carbocycles. The van der Waals surface area contributed by atoms with E-state index >= 15 is 0 Å². The van der Waals surface area contributed by atoms with Crippen molar-refractivity contribution in [3.8, 4) is 11.5 Å². The van der Waals surface area contributed by atoms with Crippen molar-refractivity contribution in [2.45, 2.75) is 32.4 Å². The molecule has 0 radical (unpaired) electrons. The van der Waals surface area contributed by atoms with Crippen molar-refractivity contribution >= 4 is 11.7 Å². The molecule has 2 atom stereocenters. The van der Waals surface area contributed by atoms with Crippen LogP contribution in [0.5, 0.6) is 0 Å². The normalized spacial score (nSPS) is 20.3. The van der Waals surface area contributed by atoms with Crippen molar-refractivity contribution in [3.05, 3.63) is 30.1 Å². The highest BCUT2D eigenvalue weighted by atomic mass is 16.5. The molecular formula is C18H25N5O3. The maximum atomic E-state index is 12.5. The lowest BCUT2D eigenvalue weighted by Gasteiger charge is -2.20. The van der Waals surface area contributed by atoms with Gasteiger partial charge >= 0.3 is 6.03 Å². The molecule has 26 heavy (non-hydrogen) atoms. The van der Waals surface area contributed by atoms with Crippen LogP contribution in [-0.4, -0.2) is 60.0 Å². The molecule has 2 amide bonds.